The number of carbonyl (C=O) groups is 3. The molecule has 0 fully saturated rings. The maximum absolute atomic E-state index is 12.3. The van der Waals surface area contributed by atoms with E-state index in [1.807, 2.05) is 26.0 Å². The van der Waals surface area contributed by atoms with E-state index in [1.54, 1.807) is 66.7 Å². The van der Waals surface area contributed by atoms with Gasteiger partial charge in [-0.25, -0.2) is 0 Å². The van der Waals surface area contributed by atoms with Crippen LogP contribution in [0, 0.1) is 0 Å². The van der Waals surface area contributed by atoms with E-state index < -0.39 is 0 Å². The molecule has 3 rings (SSSR count). The number of nitrogens with one attached hydrogen (secondary N) is 4. The summed E-state index contributed by atoms with van der Waals surface area (Å²) < 4.78 is 0. The first-order chi connectivity index (χ1) is 15.9. The van der Waals surface area contributed by atoms with Gasteiger partial charge < -0.3 is 21.3 Å². The largest absolute Gasteiger partial charge is 0.376 e. The second-order valence-electron chi connectivity index (χ2n) is 7.66. The average Bonchev–Trinajstić information content (AvgIpc) is 2.84. The van der Waals surface area contributed by atoms with Crippen molar-refractivity contribution in [3.8, 4) is 0 Å². The first kappa shape index (κ1) is 23.5. The quantitative estimate of drug-likeness (QED) is 0.390. The Morgan fingerprint density at radius 2 is 1.39 bits per heavy atom. The van der Waals surface area contributed by atoms with Gasteiger partial charge in [-0.15, -0.1) is 0 Å². The van der Waals surface area contributed by atoms with Crippen molar-refractivity contribution in [1.82, 2.24) is 5.32 Å². The Hall–Kier alpha value is -4.13. The number of anilines is 3. The van der Waals surface area contributed by atoms with Crippen molar-refractivity contribution in [2.45, 2.75) is 26.3 Å². The highest BCUT2D eigenvalue weighted by atomic mass is 16.2. The summed E-state index contributed by atoms with van der Waals surface area (Å²) in [6, 6.07) is 23.0. The molecule has 7 nitrogen and oxygen atoms in total. The minimum Gasteiger partial charge on any atom is -0.376 e. The van der Waals surface area contributed by atoms with E-state index in [9.17, 15) is 14.4 Å². The van der Waals surface area contributed by atoms with E-state index in [2.05, 4.69) is 21.3 Å². The van der Waals surface area contributed by atoms with E-state index in [0.717, 1.165) is 6.42 Å². The summed E-state index contributed by atoms with van der Waals surface area (Å²) in [4.78, 5) is 36.8. The average molecular weight is 445 g/mol. The molecule has 0 spiro atoms. The van der Waals surface area contributed by atoms with Crippen molar-refractivity contribution in [3.63, 3.8) is 0 Å². The summed E-state index contributed by atoms with van der Waals surface area (Å²) in [6.07, 6.45) is 0.856. The van der Waals surface area contributed by atoms with Crippen LogP contribution in [0.3, 0.4) is 0 Å². The fraction of sp³-hybridized carbons (Fsp3) is 0.192. The molecule has 3 aromatic carbocycles. The first-order valence-corrected chi connectivity index (χ1v) is 10.9. The smallest absolute Gasteiger partial charge is 0.255 e. The monoisotopic (exact) mass is 444 g/mol. The Kier molecular flexibility index (Phi) is 8.18. The third-order valence-electron chi connectivity index (χ3n) is 5.03. The Morgan fingerprint density at radius 3 is 2.09 bits per heavy atom. The summed E-state index contributed by atoms with van der Waals surface area (Å²) in [5.74, 6) is -0.569. The van der Waals surface area contributed by atoms with E-state index >= 15 is 0 Å². The van der Waals surface area contributed by atoms with E-state index in [4.69, 9.17) is 0 Å². The van der Waals surface area contributed by atoms with Crippen LogP contribution in [0.25, 0.3) is 0 Å². The molecule has 0 heterocycles. The van der Waals surface area contributed by atoms with E-state index in [-0.39, 0.29) is 30.3 Å². The van der Waals surface area contributed by atoms with Crippen molar-refractivity contribution in [2.75, 3.05) is 22.5 Å². The predicted molar refractivity (Wildman–Crippen MR) is 132 cm³/mol. The fourth-order valence-electron chi connectivity index (χ4n) is 3.00. The van der Waals surface area contributed by atoms with Crippen molar-refractivity contribution in [1.29, 1.82) is 0 Å². The Bertz CT molecular complexity index is 1100. The molecule has 0 bridgehead atoms. The van der Waals surface area contributed by atoms with Crippen molar-refractivity contribution in [3.05, 3.63) is 90.0 Å². The Balaban J connectivity index is 1.50. The summed E-state index contributed by atoms with van der Waals surface area (Å²) >= 11 is 0. The lowest BCUT2D eigenvalue weighted by Crippen LogP contribution is -2.31. The number of rotatable bonds is 9. The normalized spacial score (nSPS) is 11.2. The van der Waals surface area contributed by atoms with E-state index in [1.165, 1.54) is 0 Å². The van der Waals surface area contributed by atoms with Gasteiger partial charge in [0.1, 0.15) is 0 Å². The molecule has 170 valence electrons. The van der Waals surface area contributed by atoms with Crippen LogP contribution in [-0.4, -0.2) is 30.3 Å². The Morgan fingerprint density at radius 1 is 0.727 bits per heavy atom. The van der Waals surface area contributed by atoms with Crippen molar-refractivity contribution < 1.29 is 14.4 Å². The molecular weight excluding hydrogens is 416 g/mol. The summed E-state index contributed by atoms with van der Waals surface area (Å²) in [5, 5.41) is 11.6. The first-order valence-electron chi connectivity index (χ1n) is 10.9. The number of amides is 3. The van der Waals surface area contributed by atoms with Crippen LogP contribution in [0.1, 0.15) is 41.0 Å². The second kappa shape index (κ2) is 11.5. The zero-order valence-electron chi connectivity index (χ0n) is 18.7. The molecule has 3 aromatic rings. The molecule has 3 amide bonds. The molecule has 1 atom stereocenters. The van der Waals surface area contributed by atoms with E-state index in [0.29, 0.717) is 28.2 Å². The Labute approximate surface area is 193 Å². The molecule has 0 aliphatic heterocycles. The van der Waals surface area contributed by atoms with Gasteiger partial charge in [0.25, 0.3) is 11.8 Å². The number of hydrogen-bond donors (Lipinski definition) is 4. The summed E-state index contributed by atoms with van der Waals surface area (Å²) in [7, 11) is 0. The zero-order chi connectivity index (χ0) is 23.6. The van der Waals surface area contributed by atoms with Crippen LogP contribution in [0.4, 0.5) is 17.1 Å². The number of benzene rings is 3. The molecule has 1 unspecified atom stereocenters. The molecule has 4 N–H and O–H groups in total. The SMILES string of the molecule is CCC(C)NC(=O)c1ccc(NC(=O)CNc2cccc(NC(=O)c3ccccc3)c2)cc1. The van der Waals surface area contributed by atoms with Gasteiger partial charge in [0.2, 0.25) is 5.91 Å². The number of carbonyl (C=O) groups excluding carboxylic acids is 3. The van der Waals surface area contributed by atoms with Gasteiger partial charge in [0.15, 0.2) is 0 Å². The lowest BCUT2D eigenvalue weighted by atomic mass is 10.1. The molecule has 0 aromatic heterocycles. The summed E-state index contributed by atoms with van der Waals surface area (Å²) in [5.41, 5.74) is 3.04. The van der Waals surface area contributed by atoms with Gasteiger partial charge >= 0.3 is 0 Å². The standard InChI is InChI=1S/C26H28N4O3/c1-3-18(2)28-25(32)20-12-14-21(15-13-20)29-24(31)17-27-22-10-7-11-23(16-22)30-26(33)19-8-5-4-6-9-19/h4-16,18,27H,3,17H2,1-2H3,(H,28,32)(H,29,31)(H,30,33). The third-order valence-corrected chi connectivity index (χ3v) is 5.03. The second-order valence-corrected chi connectivity index (χ2v) is 7.66. The highest BCUT2D eigenvalue weighted by Crippen LogP contribution is 2.16. The summed E-state index contributed by atoms with van der Waals surface area (Å²) in [6.45, 7) is 4.01. The maximum atomic E-state index is 12.3. The molecule has 0 aliphatic rings. The van der Waals surface area contributed by atoms with Gasteiger partial charge in [0, 0.05) is 34.2 Å². The van der Waals surface area contributed by atoms with Crippen LogP contribution in [0.2, 0.25) is 0 Å². The van der Waals surface area contributed by atoms with Crippen molar-refractivity contribution in [2.24, 2.45) is 0 Å². The van der Waals surface area contributed by atoms with Crippen LogP contribution in [0.15, 0.2) is 78.9 Å². The van der Waals surface area contributed by atoms with Gasteiger partial charge in [-0.1, -0.05) is 31.2 Å². The molecule has 0 aliphatic carbocycles. The molecule has 0 radical (unpaired) electrons. The molecular formula is C26H28N4O3. The highest BCUT2D eigenvalue weighted by Gasteiger charge is 2.10. The predicted octanol–water partition coefficient (Wildman–Crippen LogP) is 4.52. The molecule has 7 heteroatoms. The van der Waals surface area contributed by atoms with Gasteiger partial charge in [0.05, 0.1) is 6.54 Å². The van der Waals surface area contributed by atoms with Gasteiger partial charge in [-0.05, 0) is 67.9 Å². The van der Waals surface area contributed by atoms with Gasteiger partial charge in [-0.2, -0.15) is 0 Å². The lowest BCUT2D eigenvalue weighted by Gasteiger charge is -2.12. The zero-order valence-corrected chi connectivity index (χ0v) is 18.7. The topological polar surface area (TPSA) is 99.3 Å². The minimum atomic E-state index is -0.231. The van der Waals surface area contributed by atoms with Crippen LogP contribution < -0.4 is 21.3 Å². The van der Waals surface area contributed by atoms with Crippen LogP contribution in [0.5, 0.6) is 0 Å². The number of hydrogen-bond acceptors (Lipinski definition) is 4. The third kappa shape index (κ3) is 7.21. The van der Waals surface area contributed by atoms with Crippen LogP contribution in [-0.2, 0) is 4.79 Å². The molecule has 33 heavy (non-hydrogen) atoms. The van der Waals surface area contributed by atoms with Gasteiger partial charge in [-0.3, -0.25) is 14.4 Å². The molecule has 0 saturated carbocycles. The lowest BCUT2D eigenvalue weighted by molar-refractivity contribution is -0.114. The minimum absolute atomic E-state index is 0.0480. The fourth-order valence-corrected chi connectivity index (χ4v) is 3.00. The highest BCUT2D eigenvalue weighted by molar-refractivity contribution is 6.04. The van der Waals surface area contributed by atoms with Crippen molar-refractivity contribution >= 4 is 34.8 Å². The molecule has 0 saturated heterocycles. The maximum Gasteiger partial charge on any atom is 0.255 e. The van der Waals surface area contributed by atoms with Crippen LogP contribution >= 0.6 is 0 Å².